The van der Waals surface area contributed by atoms with Gasteiger partial charge in [-0.05, 0) is 69.0 Å². The van der Waals surface area contributed by atoms with Crippen LogP contribution in [-0.2, 0) is 12.8 Å². The Hall–Kier alpha value is -1.59. The first-order valence-corrected chi connectivity index (χ1v) is 9.30. The molecule has 0 bridgehead atoms. The molecule has 1 aromatic rings. The maximum atomic E-state index is 6.01. The highest BCUT2D eigenvalue weighted by molar-refractivity contribution is 5.92. The third-order valence-corrected chi connectivity index (χ3v) is 5.13. The van der Waals surface area contributed by atoms with E-state index in [-0.39, 0.29) is 0 Å². The number of nitrogens with one attached hydrogen (secondary N) is 1. The van der Waals surface area contributed by atoms with Crippen molar-refractivity contribution in [1.82, 2.24) is 9.80 Å². The third-order valence-electron chi connectivity index (χ3n) is 5.13. The quantitative estimate of drug-likeness (QED) is 0.476. The maximum Gasteiger partial charge on any atom is 0.193 e. The van der Waals surface area contributed by atoms with Crippen molar-refractivity contribution in [3.63, 3.8) is 0 Å². The maximum absolute atomic E-state index is 6.01. The number of aliphatic imine (C=N–C) groups is 1. The monoisotopic (exact) mass is 329 g/mol. The van der Waals surface area contributed by atoms with Gasteiger partial charge in [0, 0.05) is 38.4 Å². The molecule has 0 radical (unpaired) electrons. The van der Waals surface area contributed by atoms with Crippen molar-refractivity contribution < 1.29 is 0 Å². The van der Waals surface area contributed by atoms with Crippen LogP contribution in [0.15, 0.2) is 23.2 Å². The summed E-state index contributed by atoms with van der Waals surface area (Å²) in [6, 6.07) is 6.55. The van der Waals surface area contributed by atoms with E-state index >= 15 is 0 Å². The second-order valence-electron chi connectivity index (χ2n) is 7.08. The normalized spacial score (nSPS) is 19.5. The summed E-state index contributed by atoms with van der Waals surface area (Å²) < 4.78 is 0. The topological polar surface area (TPSA) is 56.9 Å². The average molecular weight is 329 g/mol. The van der Waals surface area contributed by atoms with Crippen molar-refractivity contribution >= 4 is 11.6 Å². The van der Waals surface area contributed by atoms with Gasteiger partial charge in [0.1, 0.15) is 0 Å². The van der Waals surface area contributed by atoms with Crippen LogP contribution in [0.25, 0.3) is 0 Å². The van der Waals surface area contributed by atoms with E-state index in [0.29, 0.717) is 5.96 Å². The Morgan fingerprint density at radius 3 is 2.75 bits per heavy atom. The Bertz CT molecular complexity index is 561. The highest BCUT2D eigenvalue weighted by Gasteiger charge is 2.13. The third kappa shape index (κ3) is 4.95. The summed E-state index contributed by atoms with van der Waals surface area (Å²) in [7, 11) is 2.20. The van der Waals surface area contributed by atoms with E-state index in [0.717, 1.165) is 18.7 Å². The number of nitrogens with zero attached hydrogens (tertiary/aromatic N) is 3. The SMILES string of the molecule is CN1CCN(CCCCN=C(N)Nc2ccc3c(c2)CCC3)CC1. The fourth-order valence-electron chi connectivity index (χ4n) is 3.56. The predicted molar refractivity (Wildman–Crippen MR) is 102 cm³/mol. The van der Waals surface area contributed by atoms with Crippen LogP contribution in [0.5, 0.6) is 0 Å². The van der Waals surface area contributed by atoms with Crippen molar-refractivity contribution in [2.75, 3.05) is 51.6 Å². The van der Waals surface area contributed by atoms with Crippen LogP contribution in [0.2, 0.25) is 0 Å². The molecule has 1 aliphatic heterocycles. The molecule has 1 aliphatic carbocycles. The Morgan fingerprint density at radius 2 is 1.92 bits per heavy atom. The molecule has 24 heavy (non-hydrogen) atoms. The molecule has 1 fully saturated rings. The minimum absolute atomic E-state index is 0.535. The fourth-order valence-corrected chi connectivity index (χ4v) is 3.56. The summed E-state index contributed by atoms with van der Waals surface area (Å²) in [5, 5.41) is 3.23. The summed E-state index contributed by atoms with van der Waals surface area (Å²) >= 11 is 0. The van der Waals surface area contributed by atoms with E-state index in [1.54, 1.807) is 0 Å². The van der Waals surface area contributed by atoms with Crippen molar-refractivity contribution in [2.45, 2.75) is 32.1 Å². The molecule has 132 valence electrons. The lowest BCUT2D eigenvalue weighted by atomic mass is 10.1. The molecule has 0 spiro atoms. The number of rotatable bonds is 6. The lowest BCUT2D eigenvalue weighted by Gasteiger charge is -2.32. The molecule has 0 unspecified atom stereocenters. The van der Waals surface area contributed by atoms with Crippen LogP contribution in [0, 0.1) is 0 Å². The zero-order chi connectivity index (χ0) is 16.8. The number of aryl methyl sites for hydroxylation is 2. The van der Waals surface area contributed by atoms with Crippen molar-refractivity contribution in [3.05, 3.63) is 29.3 Å². The number of fused-ring (bicyclic) bond motifs is 1. The molecular weight excluding hydrogens is 298 g/mol. The van der Waals surface area contributed by atoms with Gasteiger partial charge in [-0.2, -0.15) is 0 Å². The molecule has 0 amide bonds. The Kier molecular flexibility index (Phi) is 6.10. The molecule has 5 heteroatoms. The summed E-state index contributed by atoms with van der Waals surface area (Å²) in [6.45, 7) is 6.76. The van der Waals surface area contributed by atoms with Gasteiger partial charge in [-0.25, -0.2) is 0 Å². The number of unbranched alkanes of at least 4 members (excludes halogenated alkanes) is 1. The van der Waals surface area contributed by atoms with Crippen LogP contribution in [-0.4, -0.2) is 62.1 Å². The van der Waals surface area contributed by atoms with Gasteiger partial charge in [0.25, 0.3) is 0 Å². The molecule has 0 aromatic heterocycles. The Balaban J connectivity index is 1.34. The number of likely N-dealkylation sites (N-methyl/N-ethyl adjacent to an activating group) is 1. The van der Waals surface area contributed by atoms with E-state index in [1.807, 2.05) is 0 Å². The van der Waals surface area contributed by atoms with Crippen molar-refractivity contribution in [3.8, 4) is 0 Å². The molecule has 1 saturated heterocycles. The van der Waals surface area contributed by atoms with E-state index in [9.17, 15) is 0 Å². The van der Waals surface area contributed by atoms with E-state index in [2.05, 4.69) is 45.4 Å². The molecule has 0 saturated carbocycles. The van der Waals surface area contributed by atoms with Gasteiger partial charge < -0.3 is 20.9 Å². The summed E-state index contributed by atoms with van der Waals surface area (Å²) in [4.78, 5) is 9.41. The zero-order valence-electron chi connectivity index (χ0n) is 14.9. The van der Waals surface area contributed by atoms with Crippen molar-refractivity contribution in [2.24, 2.45) is 10.7 Å². The number of hydrogen-bond acceptors (Lipinski definition) is 3. The first kappa shape index (κ1) is 17.2. The van der Waals surface area contributed by atoms with Gasteiger partial charge in [-0.15, -0.1) is 0 Å². The van der Waals surface area contributed by atoms with Crippen LogP contribution in [0.1, 0.15) is 30.4 Å². The number of guanidine groups is 1. The Labute approximate surface area is 145 Å². The van der Waals surface area contributed by atoms with Gasteiger partial charge in [-0.3, -0.25) is 4.99 Å². The molecule has 3 N–H and O–H groups in total. The second kappa shape index (κ2) is 8.49. The second-order valence-corrected chi connectivity index (χ2v) is 7.08. The van der Waals surface area contributed by atoms with Gasteiger partial charge in [0.2, 0.25) is 0 Å². The molecular formula is C19H31N5. The lowest BCUT2D eigenvalue weighted by Crippen LogP contribution is -2.44. The molecule has 0 atom stereocenters. The number of nitrogens with two attached hydrogens (primary N) is 1. The molecule has 1 aromatic carbocycles. The lowest BCUT2D eigenvalue weighted by molar-refractivity contribution is 0.152. The largest absolute Gasteiger partial charge is 0.370 e. The van der Waals surface area contributed by atoms with Gasteiger partial charge in [0.15, 0.2) is 5.96 Å². The number of hydrogen-bond donors (Lipinski definition) is 2. The molecule has 2 aliphatic rings. The fraction of sp³-hybridized carbons (Fsp3) is 0.632. The number of piperazine rings is 1. The minimum Gasteiger partial charge on any atom is -0.370 e. The van der Waals surface area contributed by atoms with E-state index < -0.39 is 0 Å². The highest BCUT2D eigenvalue weighted by atomic mass is 15.2. The smallest absolute Gasteiger partial charge is 0.193 e. The zero-order valence-corrected chi connectivity index (χ0v) is 14.9. The number of benzene rings is 1. The minimum atomic E-state index is 0.535. The molecule has 1 heterocycles. The first-order chi connectivity index (χ1) is 11.7. The molecule has 5 nitrogen and oxygen atoms in total. The number of anilines is 1. The van der Waals surface area contributed by atoms with E-state index in [4.69, 9.17) is 5.73 Å². The summed E-state index contributed by atoms with van der Waals surface area (Å²) in [5.74, 6) is 0.535. The summed E-state index contributed by atoms with van der Waals surface area (Å²) in [5.41, 5.74) is 10.0. The van der Waals surface area contributed by atoms with Gasteiger partial charge in [0.05, 0.1) is 0 Å². The van der Waals surface area contributed by atoms with Gasteiger partial charge in [-0.1, -0.05) is 6.07 Å². The van der Waals surface area contributed by atoms with Crippen LogP contribution in [0.3, 0.4) is 0 Å². The van der Waals surface area contributed by atoms with Gasteiger partial charge >= 0.3 is 0 Å². The first-order valence-electron chi connectivity index (χ1n) is 9.30. The Morgan fingerprint density at radius 1 is 1.12 bits per heavy atom. The molecule has 3 rings (SSSR count). The van der Waals surface area contributed by atoms with Crippen LogP contribution in [0.4, 0.5) is 5.69 Å². The van der Waals surface area contributed by atoms with Crippen molar-refractivity contribution in [1.29, 1.82) is 0 Å². The van der Waals surface area contributed by atoms with Crippen LogP contribution < -0.4 is 11.1 Å². The summed E-state index contributed by atoms with van der Waals surface area (Å²) in [6.07, 6.45) is 5.97. The average Bonchev–Trinajstić information content (AvgIpc) is 3.04. The highest BCUT2D eigenvalue weighted by Crippen LogP contribution is 2.24. The standard InChI is InChI=1S/C19H31N5/c1-23-11-13-24(14-12-23)10-3-2-9-21-19(20)22-18-8-7-16-5-4-6-17(16)15-18/h7-8,15H,2-6,9-14H2,1H3,(H3,20,21,22). The van der Waals surface area contributed by atoms with E-state index in [1.165, 1.54) is 69.5 Å². The van der Waals surface area contributed by atoms with Crippen LogP contribution >= 0.6 is 0 Å². The predicted octanol–water partition coefficient (Wildman–Crippen LogP) is 1.93.